The molecule has 2 amide bonds. The molecular formula is C32H31NO11S. The maximum absolute atomic E-state index is 12.3. The Morgan fingerprint density at radius 3 is 1.96 bits per heavy atom. The number of hydrogen-bond acceptors (Lipinski definition) is 10. The summed E-state index contributed by atoms with van der Waals surface area (Å²) in [7, 11) is -0.219. The molecule has 236 valence electrons. The normalized spacial score (nSPS) is 14.9. The summed E-state index contributed by atoms with van der Waals surface area (Å²) < 4.78 is 47.7. The number of unbranched alkanes of at least 4 members (excludes halogenated alkanes) is 1. The van der Waals surface area contributed by atoms with E-state index in [4.69, 9.17) is 23.6 Å². The van der Waals surface area contributed by atoms with Crippen molar-refractivity contribution in [3.05, 3.63) is 89.0 Å². The van der Waals surface area contributed by atoms with Crippen molar-refractivity contribution in [3.8, 4) is 29.1 Å². The Morgan fingerprint density at radius 2 is 1.47 bits per heavy atom. The molecule has 1 unspecified atom stereocenters. The van der Waals surface area contributed by atoms with Gasteiger partial charge in [0.15, 0.2) is 5.25 Å². The van der Waals surface area contributed by atoms with Gasteiger partial charge in [0.2, 0.25) is 0 Å². The predicted octanol–water partition coefficient (Wildman–Crippen LogP) is 2.99. The third-order valence-electron chi connectivity index (χ3n) is 7.15. The Labute approximate surface area is 260 Å². The quantitative estimate of drug-likeness (QED) is 0.104. The number of rotatable bonds is 11. The van der Waals surface area contributed by atoms with Crippen LogP contribution < -0.4 is 14.2 Å². The van der Waals surface area contributed by atoms with Crippen molar-refractivity contribution in [1.29, 1.82) is 0 Å². The number of hydrogen-bond donors (Lipinski definition) is 2. The van der Waals surface area contributed by atoms with E-state index >= 15 is 0 Å². The van der Waals surface area contributed by atoms with Gasteiger partial charge in [-0.2, -0.15) is 8.42 Å². The van der Waals surface area contributed by atoms with Crippen molar-refractivity contribution in [2.24, 2.45) is 0 Å². The summed E-state index contributed by atoms with van der Waals surface area (Å²) >= 11 is 0. The van der Waals surface area contributed by atoms with Gasteiger partial charge >= 0.3 is 5.97 Å². The van der Waals surface area contributed by atoms with E-state index in [0.717, 1.165) is 0 Å². The smallest absolute Gasteiger partial charge is 0.333 e. The average molecular weight is 638 g/mol. The van der Waals surface area contributed by atoms with Gasteiger partial charge in [-0.1, -0.05) is 42.2 Å². The molecule has 1 heterocycles. The summed E-state index contributed by atoms with van der Waals surface area (Å²) in [6, 6.07) is 19.2. The van der Waals surface area contributed by atoms with Crippen LogP contribution in [0.1, 0.15) is 47.9 Å². The number of hydroxylamine groups is 2. The molecule has 45 heavy (non-hydrogen) atoms. The molecule has 0 radical (unpaired) electrons. The Hall–Kier alpha value is -4.90. The third-order valence-corrected chi connectivity index (χ3v) is 8.24. The second kappa shape index (κ2) is 13.8. The zero-order valence-corrected chi connectivity index (χ0v) is 25.5. The molecule has 13 heteroatoms. The van der Waals surface area contributed by atoms with Crippen LogP contribution in [0.25, 0.3) is 0 Å². The fourth-order valence-corrected chi connectivity index (χ4v) is 5.44. The summed E-state index contributed by atoms with van der Waals surface area (Å²) in [6.45, 7) is 0. The first-order chi connectivity index (χ1) is 21.4. The fraction of sp³-hybridized carbons (Fsp3) is 0.281. The van der Waals surface area contributed by atoms with Gasteiger partial charge in [-0.15, -0.1) is 5.06 Å². The first-order valence-corrected chi connectivity index (χ1v) is 15.2. The van der Waals surface area contributed by atoms with E-state index in [0.29, 0.717) is 39.5 Å². The molecule has 0 aliphatic carbocycles. The number of amides is 2. The molecule has 1 fully saturated rings. The molecule has 1 atom stereocenters. The zero-order valence-electron chi connectivity index (χ0n) is 24.7. The average Bonchev–Trinajstić information content (AvgIpc) is 3.33. The lowest BCUT2D eigenvalue weighted by atomic mass is 9.80. The maximum Gasteiger partial charge on any atom is 0.333 e. The van der Waals surface area contributed by atoms with E-state index in [9.17, 15) is 27.9 Å². The van der Waals surface area contributed by atoms with Gasteiger partial charge in [0, 0.05) is 12.8 Å². The van der Waals surface area contributed by atoms with Crippen LogP contribution in [-0.4, -0.2) is 67.5 Å². The minimum Gasteiger partial charge on any atom is -0.497 e. The van der Waals surface area contributed by atoms with E-state index in [1.54, 1.807) is 80.9 Å². The number of ether oxygens (including phenoxy) is 3. The molecule has 1 saturated heterocycles. The molecule has 0 aromatic heterocycles. The fourth-order valence-electron chi connectivity index (χ4n) is 4.73. The highest BCUT2D eigenvalue weighted by molar-refractivity contribution is 7.87. The highest BCUT2D eigenvalue weighted by Gasteiger charge is 2.48. The van der Waals surface area contributed by atoms with Gasteiger partial charge < -0.3 is 24.2 Å². The van der Waals surface area contributed by atoms with Gasteiger partial charge in [0.1, 0.15) is 22.8 Å². The van der Waals surface area contributed by atoms with Crippen molar-refractivity contribution in [1.82, 2.24) is 5.06 Å². The zero-order chi connectivity index (χ0) is 32.8. The molecule has 4 rings (SSSR count). The molecule has 1 aliphatic rings. The molecular weight excluding hydrogens is 606 g/mol. The van der Waals surface area contributed by atoms with Crippen LogP contribution in [0.3, 0.4) is 0 Å². The molecule has 2 N–H and O–H groups in total. The van der Waals surface area contributed by atoms with Crippen LogP contribution in [-0.2, 0) is 34.9 Å². The summed E-state index contributed by atoms with van der Waals surface area (Å²) in [6.07, 6.45) is -0.649. The summed E-state index contributed by atoms with van der Waals surface area (Å²) in [5.41, 5.74) is 0.545. The number of methoxy groups -OCH3 is 3. The topological polar surface area (TPSA) is 166 Å². The van der Waals surface area contributed by atoms with Crippen LogP contribution in [0.15, 0.2) is 66.7 Å². The molecule has 3 aromatic rings. The number of nitrogens with zero attached hydrogens (tertiary/aromatic N) is 1. The second-order valence-corrected chi connectivity index (χ2v) is 11.5. The largest absolute Gasteiger partial charge is 0.497 e. The first kappa shape index (κ1) is 33.0. The van der Waals surface area contributed by atoms with Crippen molar-refractivity contribution in [2.45, 2.75) is 36.5 Å². The predicted molar refractivity (Wildman–Crippen MR) is 160 cm³/mol. The second-order valence-electron chi connectivity index (χ2n) is 9.94. The number of carbonyl (C=O) groups excluding carboxylic acids is 3. The van der Waals surface area contributed by atoms with Gasteiger partial charge in [0.05, 0.1) is 33.3 Å². The molecule has 0 saturated carbocycles. The number of imide groups is 1. The van der Waals surface area contributed by atoms with E-state index in [1.807, 2.05) is 0 Å². The Morgan fingerprint density at radius 1 is 0.911 bits per heavy atom. The van der Waals surface area contributed by atoms with Crippen molar-refractivity contribution in [3.63, 3.8) is 0 Å². The molecule has 3 aromatic carbocycles. The van der Waals surface area contributed by atoms with E-state index in [1.165, 1.54) is 7.11 Å². The molecule has 0 bridgehead atoms. The number of carbonyl (C=O) groups is 3. The SMILES string of the molecule is COc1ccc(C(O)(c2ccc(OC)cc2)c2ccc(OC)c(C#CCCCC(=O)ON3C(=O)CC(S(=O)(=O)O)C3=O)c2)cc1. The number of benzene rings is 3. The van der Waals surface area contributed by atoms with Crippen LogP contribution in [0.4, 0.5) is 0 Å². The minimum atomic E-state index is -4.82. The van der Waals surface area contributed by atoms with E-state index < -0.39 is 45.2 Å². The molecule has 12 nitrogen and oxygen atoms in total. The van der Waals surface area contributed by atoms with Crippen LogP contribution in [0, 0.1) is 11.8 Å². The highest BCUT2D eigenvalue weighted by Crippen LogP contribution is 2.39. The maximum atomic E-state index is 12.3. The Balaban J connectivity index is 1.52. The van der Waals surface area contributed by atoms with E-state index in [2.05, 4.69) is 11.8 Å². The van der Waals surface area contributed by atoms with Gasteiger partial charge in [-0.05, 0) is 59.5 Å². The lowest BCUT2D eigenvalue weighted by Crippen LogP contribution is -2.36. The van der Waals surface area contributed by atoms with E-state index in [-0.39, 0.29) is 24.3 Å². The third kappa shape index (κ3) is 7.26. The van der Waals surface area contributed by atoms with Crippen LogP contribution in [0.5, 0.6) is 17.2 Å². The van der Waals surface area contributed by atoms with Gasteiger partial charge in [-0.25, -0.2) is 4.79 Å². The standard InChI is InChI=1S/C32H31NO11S/c1-41-25-14-9-22(10-15-25)32(37,23-11-16-26(42-2)17-12-23)24-13-18-27(43-3)21(19-24)7-5-4-6-8-30(35)44-33-29(34)20-28(31(33)36)45(38,39)40/h9-19,28,37H,4,6,8,20H2,1-3H3,(H,38,39,40). The molecule has 1 aliphatic heterocycles. The highest BCUT2D eigenvalue weighted by atomic mass is 32.2. The monoisotopic (exact) mass is 637 g/mol. The lowest BCUT2D eigenvalue weighted by molar-refractivity contribution is -0.197. The summed E-state index contributed by atoms with van der Waals surface area (Å²) in [5.74, 6) is 4.34. The van der Waals surface area contributed by atoms with Crippen LogP contribution in [0.2, 0.25) is 0 Å². The summed E-state index contributed by atoms with van der Waals surface area (Å²) in [4.78, 5) is 40.9. The Bertz CT molecular complexity index is 1690. The van der Waals surface area contributed by atoms with Crippen LogP contribution >= 0.6 is 0 Å². The first-order valence-electron chi connectivity index (χ1n) is 13.6. The van der Waals surface area contributed by atoms with Crippen molar-refractivity contribution >= 4 is 27.9 Å². The van der Waals surface area contributed by atoms with Crippen molar-refractivity contribution < 1.29 is 51.5 Å². The van der Waals surface area contributed by atoms with Crippen molar-refractivity contribution in [2.75, 3.05) is 21.3 Å². The van der Waals surface area contributed by atoms with Gasteiger partial charge in [0.25, 0.3) is 21.9 Å². The molecule has 0 spiro atoms. The van der Waals surface area contributed by atoms with Gasteiger partial charge in [-0.3, -0.25) is 14.1 Å². The lowest BCUT2D eigenvalue weighted by Gasteiger charge is -2.31. The Kier molecular flexibility index (Phi) is 10.1. The minimum absolute atomic E-state index is 0.0651. The summed E-state index contributed by atoms with van der Waals surface area (Å²) in [5, 5.41) is 10.4. The number of aliphatic hydroxyl groups is 1.